The van der Waals surface area contributed by atoms with E-state index in [0.717, 1.165) is 15.7 Å². The summed E-state index contributed by atoms with van der Waals surface area (Å²) in [6.45, 7) is 0. The van der Waals surface area contributed by atoms with Crippen molar-refractivity contribution < 1.29 is 4.39 Å². The second-order valence-electron chi connectivity index (χ2n) is 4.15. The number of pyridine rings is 1. The van der Waals surface area contributed by atoms with Crippen molar-refractivity contribution in [1.29, 1.82) is 0 Å². The average Bonchev–Trinajstić information content (AvgIpc) is 2.41. The summed E-state index contributed by atoms with van der Waals surface area (Å²) in [5.41, 5.74) is 1.64. The Morgan fingerprint density at radius 1 is 1.42 bits per heavy atom. The predicted octanol–water partition coefficient (Wildman–Crippen LogP) is 4.14. The van der Waals surface area contributed by atoms with E-state index in [-0.39, 0.29) is 11.9 Å². The third kappa shape index (κ3) is 3.53. The Morgan fingerprint density at radius 2 is 2.21 bits per heavy atom. The summed E-state index contributed by atoms with van der Waals surface area (Å²) in [6, 6.07) is 8.18. The summed E-state index contributed by atoms with van der Waals surface area (Å²) < 4.78 is 14.2. The van der Waals surface area contributed by atoms with Gasteiger partial charge in [-0.3, -0.25) is 4.98 Å². The SMILES string of the molecule is CNC(Cc1cc(F)ccc1Br)c1ncccc1Cl. The number of hydrogen-bond donors (Lipinski definition) is 1. The molecule has 2 nitrogen and oxygen atoms in total. The fourth-order valence-electron chi connectivity index (χ4n) is 1.91. The second kappa shape index (κ2) is 6.46. The van der Waals surface area contributed by atoms with E-state index < -0.39 is 0 Å². The monoisotopic (exact) mass is 342 g/mol. The molecule has 1 aromatic heterocycles. The Hall–Kier alpha value is -0.970. The largest absolute Gasteiger partial charge is 0.311 e. The van der Waals surface area contributed by atoms with Crippen molar-refractivity contribution >= 4 is 27.5 Å². The number of nitrogens with one attached hydrogen (secondary N) is 1. The van der Waals surface area contributed by atoms with Crippen molar-refractivity contribution in [3.8, 4) is 0 Å². The summed E-state index contributed by atoms with van der Waals surface area (Å²) in [5.74, 6) is -0.250. The summed E-state index contributed by atoms with van der Waals surface area (Å²) >= 11 is 9.58. The third-order valence-electron chi connectivity index (χ3n) is 2.90. The first-order valence-electron chi connectivity index (χ1n) is 5.83. The van der Waals surface area contributed by atoms with Gasteiger partial charge in [0.1, 0.15) is 5.82 Å². The molecular weight excluding hydrogens is 331 g/mol. The van der Waals surface area contributed by atoms with E-state index in [1.807, 2.05) is 7.05 Å². The standard InChI is InChI=1S/C14H13BrClFN2/c1-18-13(14-12(16)3-2-6-19-14)8-9-7-10(17)4-5-11(9)15/h2-7,13,18H,8H2,1H3. The smallest absolute Gasteiger partial charge is 0.123 e. The summed E-state index contributed by atoms with van der Waals surface area (Å²) in [5, 5.41) is 3.77. The first-order valence-corrected chi connectivity index (χ1v) is 7.00. The molecule has 100 valence electrons. The molecule has 0 saturated carbocycles. The normalized spacial score (nSPS) is 12.4. The Labute approximate surface area is 125 Å². The van der Waals surface area contributed by atoms with Crippen LogP contribution in [-0.4, -0.2) is 12.0 Å². The summed E-state index contributed by atoms with van der Waals surface area (Å²) in [4.78, 5) is 4.29. The lowest BCUT2D eigenvalue weighted by Gasteiger charge is -2.17. The van der Waals surface area contributed by atoms with E-state index in [0.29, 0.717) is 11.4 Å². The van der Waals surface area contributed by atoms with Crippen LogP contribution in [0.1, 0.15) is 17.3 Å². The van der Waals surface area contributed by atoms with Crippen LogP contribution in [0.4, 0.5) is 4.39 Å². The minimum atomic E-state index is -0.250. The number of nitrogens with zero attached hydrogens (tertiary/aromatic N) is 1. The molecule has 1 aromatic carbocycles. The van der Waals surface area contributed by atoms with Crippen LogP contribution in [0.15, 0.2) is 41.0 Å². The van der Waals surface area contributed by atoms with Crippen molar-refractivity contribution in [1.82, 2.24) is 10.3 Å². The van der Waals surface area contributed by atoms with Crippen LogP contribution in [0.2, 0.25) is 5.02 Å². The molecule has 2 rings (SSSR count). The lowest BCUT2D eigenvalue weighted by atomic mass is 10.0. The second-order valence-corrected chi connectivity index (χ2v) is 5.41. The Kier molecular flexibility index (Phi) is 4.91. The zero-order valence-corrected chi connectivity index (χ0v) is 12.7. The van der Waals surface area contributed by atoms with E-state index >= 15 is 0 Å². The molecule has 0 radical (unpaired) electrons. The molecule has 1 unspecified atom stereocenters. The quantitative estimate of drug-likeness (QED) is 0.902. The van der Waals surface area contributed by atoms with E-state index in [1.54, 1.807) is 24.4 Å². The van der Waals surface area contributed by atoms with Crippen molar-refractivity contribution in [2.24, 2.45) is 0 Å². The summed E-state index contributed by atoms with van der Waals surface area (Å²) in [7, 11) is 1.84. The van der Waals surface area contributed by atoms with Gasteiger partial charge in [0.25, 0.3) is 0 Å². The van der Waals surface area contributed by atoms with E-state index in [4.69, 9.17) is 11.6 Å². The van der Waals surface area contributed by atoms with Crippen LogP contribution in [0.5, 0.6) is 0 Å². The van der Waals surface area contributed by atoms with Crippen molar-refractivity contribution in [3.05, 3.63) is 63.1 Å². The molecule has 0 aliphatic rings. The molecular formula is C14H13BrClFN2. The van der Waals surface area contributed by atoms with Gasteiger partial charge in [0.05, 0.1) is 16.8 Å². The van der Waals surface area contributed by atoms with Crippen LogP contribution < -0.4 is 5.32 Å². The number of rotatable bonds is 4. The molecule has 0 fully saturated rings. The van der Waals surface area contributed by atoms with Gasteiger partial charge >= 0.3 is 0 Å². The maximum atomic E-state index is 13.3. The van der Waals surface area contributed by atoms with Crippen LogP contribution in [0.25, 0.3) is 0 Å². The van der Waals surface area contributed by atoms with Gasteiger partial charge in [-0.1, -0.05) is 27.5 Å². The van der Waals surface area contributed by atoms with Crippen molar-refractivity contribution in [3.63, 3.8) is 0 Å². The van der Waals surface area contributed by atoms with Gasteiger partial charge in [-0.25, -0.2) is 4.39 Å². The van der Waals surface area contributed by atoms with Gasteiger partial charge in [0.2, 0.25) is 0 Å². The van der Waals surface area contributed by atoms with E-state index in [9.17, 15) is 4.39 Å². The molecule has 0 spiro atoms. The van der Waals surface area contributed by atoms with Crippen LogP contribution in [0, 0.1) is 5.82 Å². The number of likely N-dealkylation sites (N-methyl/N-ethyl adjacent to an activating group) is 1. The minimum Gasteiger partial charge on any atom is -0.311 e. The predicted molar refractivity (Wildman–Crippen MR) is 78.9 cm³/mol. The topological polar surface area (TPSA) is 24.9 Å². The highest BCUT2D eigenvalue weighted by Gasteiger charge is 2.16. The number of hydrogen-bond acceptors (Lipinski definition) is 2. The number of aromatic nitrogens is 1. The van der Waals surface area contributed by atoms with Gasteiger partial charge in [-0.05, 0) is 49.4 Å². The Morgan fingerprint density at radius 3 is 2.89 bits per heavy atom. The molecule has 0 bridgehead atoms. The highest BCUT2D eigenvalue weighted by atomic mass is 79.9. The zero-order chi connectivity index (χ0) is 13.8. The third-order valence-corrected chi connectivity index (χ3v) is 3.99. The fraction of sp³-hybridized carbons (Fsp3) is 0.214. The highest BCUT2D eigenvalue weighted by molar-refractivity contribution is 9.10. The first-order chi connectivity index (χ1) is 9.11. The van der Waals surface area contributed by atoms with Crippen molar-refractivity contribution in [2.75, 3.05) is 7.05 Å². The molecule has 1 heterocycles. The van der Waals surface area contributed by atoms with Gasteiger partial charge < -0.3 is 5.32 Å². The lowest BCUT2D eigenvalue weighted by Crippen LogP contribution is -2.20. The van der Waals surface area contributed by atoms with Gasteiger partial charge in [0, 0.05) is 10.7 Å². The van der Waals surface area contributed by atoms with E-state index in [1.165, 1.54) is 12.1 Å². The number of halogens is 3. The molecule has 2 aromatic rings. The van der Waals surface area contributed by atoms with Gasteiger partial charge in [-0.2, -0.15) is 0 Å². The molecule has 5 heteroatoms. The molecule has 0 amide bonds. The Bertz CT molecular complexity index is 577. The van der Waals surface area contributed by atoms with E-state index in [2.05, 4.69) is 26.2 Å². The summed E-state index contributed by atoms with van der Waals surface area (Å²) in [6.07, 6.45) is 2.30. The molecule has 0 aliphatic carbocycles. The van der Waals surface area contributed by atoms with Crippen LogP contribution in [-0.2, 0) is 6.42 Å². The first kappa shape index (κ1) is 14.4. The lowest BCUT2D eigenvalue weighted by molar-refractivity contribution is 0.569. The van der Waals surface area contributed by atoms with Crippen molar-refractivity contribution in [2.45, 2.75) is 12.5 Å². The molecule has 0 aliphatic heterocycles. The maximum Gasteiger partial charge on any atom is 0.123 e. The van der Waals surface area contributed by atoms with Crippen LogP contribution >= 0.6 is 27.5 Å². The number of benzene rings is 1. The average molecular weight is 344 g/mol. The fourth-order valence-corrected chi connectivity index (χ4v) is 2.57. The maximum absolute atomic E-state index is 13.3. The molecule has 19 heavy (non-hydrogen) atoms. The van der Waals surface area contributed by atoms with Gasteiger partial charge in [0.15, 0.2) is 0 Å². The highest BCUT2D eigenvalue weighted by Crippen LogP contribution is 2.27. The Balaban J connectivity index is 2.29. The van der Waals surface area contributed by atoms with Crippen LogP contribution in [0.3, 0.4) is 0 Å². The zero-order valence-electron chi connectivity index (χ0n) is 10.3. The molecule has 1 atom stereocenters. The van der Waals surface area contributed by atoms with Gasteiger partial charge in [-0.15, -0.1) is 0 Å². The minimum absolute atomic E-state index is 0.0631. The molecule has 1 N–H and O–H groups in total. The molecule has 0 saturated heterocycles.